The molecule has 0 radical (unpaired) electrons. The Bertz CT molecular complexity index is 736. The molecule has 1 N–H and O–H groups in total. The van der Waals surface area contributed by atoms with E-state index in [1.165, 1.54) is 17.4 Å². The highest BCUT2D eigenvalue weighted by Gasteiger charge is 2.35. The highest BCUT2D eigenvalue weighted by atomic mass is 35.5. The summed E-state index contributed by atoms with van der Waals surface area (Å²) in [6.07, 6.45) is 2.99. The van der Waals surface area contributed by atoms with Crippen LogP contribution in [0.2, 0.25) is 10.0 Å². The fourth-order valence-electron chi connectivity index (χ4n) is 2.57. The molecule has 0 spiro atoms. The number of amides is 2. The molecule has 23 heavy (non-hydrogen) atoms. The minimum absolute atomic E-state index is 0.232. The van der Waals surface area contributed by atoms with Gasteiger partial charge in [0.05, 0.1) is 10.6 Å². The number of nitrogens with one attached hydrogen (secondary N) is 1. The van der Waals surface area contributed by atoms with Crippen molar-refractivity contribution in [1.82, 2.24) is 9.88 Å². The zero-order chi connectivity index (χ0) is 16.4. The summed E-state index contributed by atoms with van der Waals surface area (Å²) < 4.78 is 0. The first-order chi connectivity index (χ1) is 11.1. The number of halogens is 2. The van der Waals surface area contributed by atoms with E-state index in [1.807, 2.05) is 0 Å². The molecule has 5 nitrogen and oxygen atoms in total. The van der Waals surface area contributed by atoms with E-state index in [0.29, 0.717) is 33.7 Å². The highest BCUT2D eigenvalue weighted by molar-refractivity contribution is 7.13. The van der Waals surface area contributed by atoms with Gasteiger partial charge in [-0.05, 0) is 31.0 Å². The van der Waals surface area contributed by atoms with Crippen molar-refractivity contribution in [3.8, 4) is 0 Å². The zero-order valence-electron chi connectivity index (χ0n) is 12.0. The van der Waals surface area contributed by atoms with Crippen LogP contribution in [0.3, 0.4) is 0 Å². The van der Waals surface area contributed by atoms with Gasteiger partial charge in [0.25, 0.3) is 5.91 Å². The van der Waals surface area contributed by atoms with Gasteiger partial charge in [0.15, 0.2) is 5.13 Å². The van der Waals surface area contributed by atoms with E-state index in [9.17, 15) is 9.59 Å². The largest absolute Gasteiger partial charge is 0.327 e. The maximum Gasteiger partial charge on any atom is 0.256 e. The molecule has 1 saturated heterocycles. The lowest BCUT2D eigenvalue weighted by Crippen LogP contribution is -2.43. The molecule has 1 aliphatic heterocycles. The smallest absolute Gasteiger partial charge is 0.256 e. The predicted octanol–water partition coefficient (Wildman–Crippen LogP) is 3.69. The first kappa shape index (κ1) is 16.2. The molecule has 3 rings (SSSR count). The van der Waals surface area contributed by atoms with Crippen LogP contribution in [-0.4, -0.2) is 34.3 Å². The number of anilines is 1. The number of hydrogen-bond donors (Lipinski definition) is 1. The average Bonchev–Trinajstić information content (AvgIpc) is 3.20. The number of carbonyl (C=O) groups is 2. The standard InChI is InChI=1S/C15H13Cl2N3O2S/c16-9-3-4-11(17)10(8-9)14(22)20-6-1-2-12(20)13(21)19-15-18-5-7-23-15/h3-5,7-8,12H,1-2,6H2,(H,18,19,21). The summed E-state index contributed by atoms with van der Waals surface area (Å²) in [6.45, 7) is 0.512. The number of thiazole rings is 1. The number of nitrogens with zero attached hydrogens (tertiary/aromatic N) is 2. The molecule has 0 aliphatic carbocycles. The molecule has 1 fully saturated rings. The molecule has 2 aromatic rings. The average molecular weight is 370 g/mol. The van der Waals surface area contributed by atoms with Crippen LogP contribution in [-0.2, 0) is 4.79 Å². The Hall–Kier alpha value is -1.63. The normalized spacial score (nSPS) is 17.3. The van der Waals surface area contributed by atoms with E-state index in [2.05, 4.69) is 10.3 Å². The predicted molar refractivity (Wildman–Crippen MR) is 91.3 cm³/mol. The Morgan fingerprint density at radius 1 is 1.35 bits per heavy atom. The SMILES string of the molecule is O=C(Nc1nccs1)C1CCCN1C(=O)c1cc(Cl)ccc1Cl. The third-order valence-corrected chi connectivity index (χ3v) is 4.89. The van der Waals surface area contributed by atoms with Gasteiger partial charge < -0.3 is 10.2 Å². The van der Waals surface area contributed by atoms with Crippen LogP contribution in [0.1, 0.15) is 23.2 Å². The number of carbonyl (C=O) groups excluding carboxylic acids is 2. The molecule has 1 unspecified atom stereocenters. The minimum atomic E-state index is -0.526. The Balaban J connectivity index is 1.79. The van der Waals surface area contributed by atoms with Crippen LogP contribution >= 0.6 is 34.5 Å². The molecule has 1 atom stereocenters. The summed E-state index contributed by atoms with van der Waals surface area (Å²) >= 11 is 13.4. The van der Waals surface area contributed by atoms with Crippen molar-refractivity contribution >= 4 is 51.5 Å². The van der Waals surface area contributed by atoms with Gasteiger partial charge in [-0.15, -0.1) is 11.3 Å². The van der Waals surface area contributed by atoms with Gasteiger partial charge in [0.2, 0.25) is 5.91 Å². The van der Waals surface area contributed by atoms with Gasteiger partial charge in [0, 0.05) is 23.1 Å². The highest BCUT2D eigenvalue weighted by Crippen LogP contribution is 2.27. The van der Waals surface area contributed by atoms with Crippen LogP contribution in [0.25, 0.3) is 0 Å². The lowest BCUT2D eigenvalue weighted by atomic mass is 10.1. The van der Waals surface area contributed by atoms with Crippen molar-refractivity contribution in [3.05, 3.63) is 45.4 Å². The molecule has 1 aromatic carbocycles. The Kier molecular flexibility index (Phi) is 4.84. The number of hydrogen-bond acceptors (Lipinski definition) is 4. The molecule has 8 heteroatoms. The molecule has 0 saturated carbocycles. The maximum absolute atomic E-state index is 12.7. The topological polar surface area (TPSA) is 62.3 Å². The van der Waals surface area contributed by atoms with Gasteiger partial charge >= 0.3 is 0 Å². The second-order valence-electron chi connectivity index (χ2n) is 5.11. The Labute approximate surface area is 147 Å². The van der Waals surface area contributed by atoms with E-state index >= 15 is 0 Å². The number of likely N-dealkylation sites (tertiary alicyclic amines) is 1. The molecule has 120 valence electrons. The van der Waals surface area contributed by atoms with E-state index in [4.69, 9.17) is 23.2 Å². The first-order valence-electron chi connectivity index (χ1n) is 7.02. The van der Waals surface area contributed by atoms with Crippen LogP contribution in [0.4, 0.5) is 5.13 Å². The van der Waals surface area contributed by atoms with Crippen molar-refractivity contribution in [1.29, 1.82) is 0 Å². The molecule has 2 amide bonds. The quantitative estimate of drug-likeness (QED) is 0.896. The minimum Gasteiger partial charge on any atom is -0.327 e. The van der Waals surface area contributed by atoms with Gasteiger partial charge in [-0.1, -0.05) is 23.2 Å². The fraction of sp³-hybridized carbons (Fsp3) is 0.267. The van der Waals surface area contributed by atoms with E-state index in [1.54, 1.807) is 28.6 Å². The fourth-order valence-corrected chi connectivity index (χ4v) is 3.47. The summed E-state index contributed by atoms with van der Waals surface area (Å²) in [4.78, 5) is 30.7. The summed E-state index contributed by atoms with van der Waals surface area (Å²) in [5.74, 6) is -0.516. The lowest BCUT2D eigenvalue weighted by molar-refractivity contribution is -0.119. The van der Waals surface area contributed by atoms with Crippen molar-refractivity contribution < 1.29 is 9.59 Å². The third-order valence-electron chi connectivity index (χ3n) is 3.64. The van der Waals surface area contributed by atoms with Crippen LogP contribution in [0.5, 0.6) is 0 Å². The van der Waals surface area contributed by atoms with Gasteiger partial charge in [0.1, 0.15) is 6.04 Å². The summed E-state index contributed by atoms with van der Waals surface area (Å²) in [5.41, 5.74) is 0.313. The van der Waals surface area contributed by atoms with Crippen molar-refractivity contribution in [2.75, 3.05) is 11.9 Å². The van der Waals surface area contributed by atoms with Crippen molar-refractivity contribution in [3.63, 3.8) is 0 Å². The third kappa shape index (κ3) is 3.49. The summed E-state index contributed by atoms with van der Waals surface area (Å²) in [6, 6.07) is 4.21. The number of aromatic nitrogens is 1. The van der Waals surface area contributed by atoms with Crippen LogP contribution < -0.4 is 5.32 Å². The second-order valence-corrected chi connectivity index (χ2v) is 6.85. The Morgan fingerprint density at radius 3 is 2.91 bits per heavy atom. The number of rotatable bonds is 3. The van der Waals surface area contributed by atoms with E-state index in [-0.39, 0.29) is 11.8 Å². The second kappa shape index (κ2) is 6.86. The maximum atomic E-state index is 12.7. The zero-order valence-corrected chi connectivity index (χ0v) is 14.3. The van der Waals surface area contributed by atoms with Gasteiger partial charge in [-0.2, -0.15) is 0 Å². The van der Waals surface area contributed by atoms with Crippen molar-refractivity contribution in [2.24, 2.45) is 0 Å². The van der Waals surface area contributed by atoms with E-state index in [0.717, 1.165) is 6.42 Å². The molecule has 1 aliphatic rings. The molecule has 2 heterocycles. The van der Waals surface area contributed by atoms with E-state index < -0.39 is 6.04 Å². The molecule has 0 bridgehead atoms. The molecular formula is C15H13Cl2N3O2S. The first-order valence-corrected chi connectivity index (χ1v) is 8.66. The van der Waals surface area contributed by atoms with Crippen LogP contribution in [0, 0.1) is 0 Å². The van der Waals surface area contributed by atoms with Gasteiger partial charge in [-0.3, -0.25) is 9.59 Å². The monoisotopic (exact) mass is 369 g/mol. The lowest BCUT2D eigenvalue weighted by Gasteiger charge is -2.24. The Morgan fingerprint density at radius 2 is 2.17 bits per heavy atom. The molecule has 1 aromatic heterocycles. The van der Waals surface area contributed by atoms with Crippen molar-refractivity contribution in [2.45, 2.75) is 18.9 Å². The van der Waals surface area contributed by atoms with Crippen LogP contribution in [0.15, 0.2) is 29.8 Å². The summed E-state index contributed by atoms with van der Waals surface area (Å²) in [5, 5.41) is 5.80. The van der Waals surface area contributed by atoms with Gasteiger partial charge in [-0.25, -0.2) is 4.98 Å². The molecular weight excluding hydrogens is 357 g/mol. The number of benzene rings is 1. The summed E-state index contributed by atoms with van der Waals surface area (Å²) in [7, 11) is 0.